The Bertz CT molecular complexity index is 574. The lowest BCUT2D eigenvalue weighted by Gasteiger charge is -2.39. The van der Waals surface area contributed by atoms with E-state index in [-0.39, 0.29) is 23.7 Å². The number of hydrogen-bond donors (Lipinski definition) is 0. The Morgan fingerprint density at radius 3 is 2.79 bits per heavy atom. The molecule has 1 unspecified atom stereocenters. The molecule has 0 N–H and O–H groups in total. The van der Waals surface area contributed by atoms with Gasteiger partial charge >= 0.3 is 6.18 Å². The van der Waals surface area contributed by atoms with Crippen molar-refractivity contribution in [3.05, 3.63) is 23.9 Å². The largest absolute Gasteiger partial charge is 0.419 e. The molecule has 7 heteroatoms. The molecule has 1 aliphatic rings. The number of carbonyl (C=O) groups is 1. The molecule has 0 radical (unpaired) electrons. The van der Waals surface area contributed by atoms with Crippen LogP contribution in [-0.4, -0.2) is 42.0 Å². The normalized spacial score (nSPS) is 18.8. The number of likely N-dealkylation sites (tertiary alicyclic amines) is 1. The second-order valence-corrected chi connectivity index (χ2v) is 6.72. The average molecular weight is 343 g/mol. The highest BCUT2D eigenvalue weighted by molar-refractivity contribution is 5.76. The Kier molecular flexibility index (Phi) is 5.72. The van der Waals surface area contributed by atoms with Crippen molar-refractivity contribution in [1.82, 2.24) is 9.88 Å². The van der Waals surface area contributed by atoms with Crippen molar-refractivity contribution < 1.29 is 18.0 Å². The van der Waals surface area contributed by atoms with Crippen molar-refractivity contribution >= 4 is 11.7 Å². The summed E-state index contributed by atoms with van der Waals surface area (Å²) < 4.78 is 39.6. The molecular formula is C17H24F3N3O. The van der Waals surface area contributed by atoms with Gasteiger partial charge in [0.1, 0.15) is 5.82 Å². The van der Waals surface area contributed by atoms with Gasteiger partial charge in [-0.2, -0.15) is 13.2 Å². The van der Waals surface area contributed by atoms with Gasteiger partial charge in [-0.25, -0.2) is 4.98 Å². The van der Waals surface area contributed by atoms with Crippen molar-refractivity contribution in [2.45, 2.75) is 45.3 Å². The molecule has 1 fully saturated rings. The summed E-state index contributed by atoms with van der Waals surface area (Å²) in [6.07, 6.45) is -1.08. The summed E-state index contributed by atoms with van der Waals surface area (Å²) in [4.78, 5) is 19.5. The fourth-order valence-corrected chi connectivity index (χ4v) is 3.05. The lowest BCUT2D eigenvalue weighted by Crippen LogP contribution is -2.49. The number of anilines is 1. The van der Waals surface area contributed by atoms with Gasteiger partial charge in [0.15, 0.2) is 0 Å². The monoisotopic (exact) mass is 343 g/mol. The minimum atomic E-state index is -4.44. The lowest BCUT2D eigenvalue weighted by atomic mass is 10.0. The van der Waals surface area contributed by atoms with Crippen LogP contribution in [0.25, 0.3) is 0 Å². The van der Waals surface area contributed by atoms with Crippen molar-refractivity contribution in [1.29, 1.82) is 0 Å². The zero-order valence-corrected chi connectivity index (χ0v) is 14.3. The molecule has 0 aromatic carbocycles. The van der Waals surface area contributed by atoms with Crippen LogP contribution < -0.4 is 4.90 Å². The third kappa shape index (κ3) is 4.39. The maximum absolute atomic E-state index is 13.2. The highest BCUT2D eigenvalue weighted by Gasteiger charge is 2.37. The van der Waals surface area contributed by atoms with Crippen LogP contribution in [0.2, 0.25) is 0 Å². The van der Waals surface area contributed by atoms with E-state index in [1.807, 2.05) is 13.8 Å². The van der Waals surface area contributed by atoms with E-state index in [9.17, 15) is 18.0 Å². The Hall–Kier alpha value is -1.79. The number of halogens is 3. The van der Waals surface area contributed by atoms with Crippen molar-refractivity contribution in [2.75, 3.05) is 25.0 Å². The quantitative estimate of drug-likeness (QED) is 0.838. The van der Waals surface area contributed by atoms with Crippen LogP contribution in [0.5, 0.6) is 0 Å². The molecule has 4 nitrogen and oxygen atoms in total. The topological polar surface area (TPSA) is 36.4 Å². The number of hydrogen-bond acceptors (Lipinski definition) is 3. The summed E-state index contributed by atoms with van der Waals surface area (Å²) in [5.74, 6) is 0.261. The highest BCUT2D eigenvalue weighted by atomic mass is 19.4. The van der Waals surface area contributed by atoms with Gasteiger partial charge in [0.2, 0.25) is 5.91 Å². The predicted octanol–water partition coefficient (Wildman–Crippen LogP) is 3.57. The SMILES string of the molecule is CC(C)CC(=O)N1CCCC(N(C)c2ncccc2C(F)(F)F)C1. The van der Waals surface area contributed by atoms with E-state index in [0.717, 1.165) is 18.9 Å². The number of carbonyl (C=O) groups excluding carboxylic acids is 1. The first-order chi connectivity index (χ1) is 11.2. The number of pyridine rings is 1. The first kappa shape index (κ1) is 18.5. The molecule has 0 saturated carbocycles. The molecule has 0 spiro atoms. The van der Waals surface area contributed by atoms with Crippen LogP contribution in [0.1, 0.15) is 38.7 Å². The average Bonchev–Trinajstić information content (AvgIpc) is 2.53. The standard InChI is InChI=1S/C17H24F3N3O/c1-12(2)10-15(24)23-9-5-6-13(11-23)22(3)16-14(17(18,19)20)7-4-8-21-16/h4,7-8,12-13H,5-6,9-11H2,1-3H3. The maximum Gasteiger partial charge on any atom is 0.419 e. The van der Waals surface area contributed by atoms with Crippen LogP contribution in [-0.2, 0) is 11.0 Å². The molecule has 1 aromatic heterocycles. The molecule has 2 rings (SSSR count). The van der Waals surface area contributed by atoms with E-state index >= 15 is 0 Å². The number of piperidine rings is 1. The molecule has 0 bridgehead atoms. The highest BCUT2D eigenvalue weighted by Crippen LogP contribution is 2.36. The molecule has 1 atom stereocenters. The fraction of sp³-hybridized carbons (Fsp3) is 0.647. The van der Waals surface area contributed by atoms with Crippen molar-refractivity contribution in [3.63, 3.8) is 0 Å². The van der Waals surface area contributed by atoms with Crippen LogP contribution >= 0.6 is 0 Å². The summed E-state index contributed by atoms with van der Waals surface area (Å²) in [7, 11) is 1.62. The minimum absolute atomic E-state index is 0.0696. The molecule has 134 valence electrons. The van der Waals surface area contributed by atoms with Crippen molar-refractivity contribution in [3.8, 4) is 0 Å². The summed E-state index contributed by atoms with van der Waals surface area (Å²) >= 11 is 0. The molecule has 1 amide bonds. The third-order valence-electron chi connectivity index (χ3n) is 4.31. The number of amides is 1. The van der Waals surface area contributed by atoms with Gasteiger partial charge in [0.05, 0.1) is 5.56 Å². The fourth-order valence-electron chi connectivity index (χ4n) is 3.05. The van der Waals surface area contributed by atoms with Crippen LogP contribution in [0.15, 0.2) is 18.3 Å². The second kappa shape index (κ2) is 7.40. The maximum atomic E-state index is 13.2. The third-order valence-corrected chi connectivity index (χ3v) is 4.31. The summed E-state index contributed by atoms with van der Waals surface area (Å²) in [6, 6.07) is 2.17. The number of aromatic nitrogens is 1. The zero-order chi connectivity index (χ0) is 17.9. The minimum Gasteiger partial charge on any atom is -0.354 e. The molecule has 24 heavy (non-hydrogen) atoms. The van der Waals surface area contributed by atoms with E-state index < -0.39 is 11.7 Å². The van der Waals surface area contributed by atoms with Crippen LogP contribution in [0.4, 0.5) is 19.0 Å². The second-order valence-electron chi connectivity index (χ2n) is 6.72. The Morgan fingerprint density at radius 2 is 2.17 bits per heavy atom. The summed E-state index contributed by atoms with van der Waals surface area (Å²) in [6.45, 7) is 5.07. The first-order valence-corrected chi connectivity index (χ1v) is 8.23. The van der Waals surface area contributed by atoms with Gasteiger partial charge in [0.25, 0.3) is 0 Å². The number of likely N-dealkylation sites (N-methyl/N-ethyl adjacent to an activating group) is 1. The van der Waals surface area contributed by atoms with Gasteiger partial charge in [-0.1, -0.05) is 13.8 Å². The summed E-state index contributed by atoms with van der Waals surface area (Å²) in [5.41, 5.74) is -0.738. The zero-order valence-electron chi connectivity index (χ0n) is 14.3. The molecule has 1 aliphatic heterocycles. The van der Waals surface area contributed by atoms with Gasteiger partial charge < -0.3 is 9.80 Å². The lowest BCUT2D eigenvalue weighted by molar-refractivity contribution is -0.137. The smallest absolute Gasteiger partial charge is 0.354 e. The Balaban J connectivity index is 2.15. The molecule has 2 heterocycles. The van der Waals surface area contributed by atoms with Gasteiger partial charge in [-0.15, -0.1) is 0 Å². The van der Waals surface area contributed by atoms with Gasteiger partial charge in [0, 0.05) is 38.8 Å². The van der Waals surface area contributed by atoms with Crippen LogP contribution in [0, 0.1) is 5.92 Å². The predicted molar refractivity (Wildman–Crippen MR) is 86.7 cm³/mol. The number of rotatable bonds is 4. The first-order valence-electron chi connectivity index (χ1n) is 8.23. The van der Waals surface area contributed by atoms with E-state index in [1.54, 1.807) is 16.8 Å². The van der Waals surface area contributed by atoms with E-state index in [2.05, 4.69) is 4.98 Å². The number of nitrogens with zero attached hydrogens (tertiary/aromatic N) is 3. The molecule has 0 aliphatic carbocycles. The molecular weight excluding hydrogens is 319 g/mol. The number of alkyl halides is 3. The summed E-state index contributed by atoms with van der Waals surface area (Å²) in [5, 5.41) is 0. The van der Waals surface area contributed by atoms with Gasteiger partial charge in [-0.05, 0) is 30.9 Å². The molecule has 1 aromatic rings. The van der Waals surface area contributed by atoms with E-state index in [4.69, 9.17) is 0 Å². The van der Waals surface area contributed by atoms with Gasteiger partial charge in [-0.3, -0.25) is 4.79 Å². The molecule has 1 saturated heterocycles. The Morgan fingerprint density at radius 1 is 1.46 bits per heavy atom. The van der Waals surface area contributed by atoms with E-state index in [1.165, 1.54) is 12.3 Å². The Labute approximate surface area is 140 Å². The van der Waals surface area contributed by atoms with Crippen molar-refractivity contribution in [2.24, 2.45) is 5.92 Å². The van der Waals surface area contributed by atoms with E-state index in [0.29, 0.717) is 19.5 Å². The van der Waals surface area contributed by atoms with Crippen LogP contribution in [0.3, 0.4) is 0 Å².